The Bertz CT molecular complexity index is 622. The van der Waals surface area contributed by atoms with E-state index in [9.17, 15) is 4.79 Å². The van der Waals surface area contributed by atoms with Crippen LogP contribution in [0.2, 0.25) is 0 Å². The van der Waals surface area contributed by atoms with Crippen LogP contribution in [0.15, 0.2) is 36.5 Å². The van der Waals surface area contributed by atoms with Gasteiger partial charge in [0, 0.05) is 12.2 Å². The number of carbonyl (C=O) groups excluding carboxylic acids is 1. The van der Waals surface area contributed by atoms with Crippen LogP contribution >= 0.6 is 0 Å². The van der Waals surface area contributed by atoms with Gasteiger partial charge in [0.25, 0.3) is 5.91 Å². The molecular weight excluding hydrogens is 278 g/mol. The molecule has 0 unspecified atom stereocenters. The van der Waals surface area contributed by atoms with Crippen molar-refractivity contribution in [3.63, 3.8) is 0 Å². The normalized spacial score (nSPS) is 13.5. The molecule has 0 radical (unpaired) electrons. The van der Waals surface area contributed by atoms with E-state index in [0.717, 1.165) is 12.8 Å². The highest BCUT2D eigenvalue weighted by Gasteiger charge is 2.14. The fourth-order valence-corrected chi connectivity index (χ4v) is 2.77. The van der Waals surface area contributed by atoms with Gasteiger partial charge < -0.3 is 10.1 Å². The van der Waals surface area contributed by atoms with Crippen LogP contribution in [-0.2, 0) is 24.2 Å². The zero-order chi connectivity index (χ0) is 15.2. The van der Waals surface area contributed by atoms with Gasteiger partial charge in [-0.3, -0.25) is 9.48 Å². The molecule has 116 valence electrons. The first-order chi connectivity index (χ1) is 10.8. The Hall–Kier alpha value is -2.30. The molecule has 1 N–H and O–H groups in total. The third kappa shape index (κ3) is 3.67. The highest BCUT2D eigenvalue weighted by atomic mass is 16.5. The van der Waals surface area contributed by atoms with E-state index in [2.05, 4.69) is 10.4 Å². The summed E-state index contributed by atoms with van der Waals surface area (Å²) >= 11 is 0. The van der Waals surface area contributed by atoms with E-state index in [1.807, 2.05) is 41.2 Å². The van der Waals surface area contributed by atoms with Crippen molar-refractivity contribution < 1.29 is 9.53 Å². The Morgan fingerprint density at radius 1 is 1.23 bits per heavy atom. The lowest BCUT2D eigenvalue weighted by atomic mass is 9.98. The van der Waals surface area contributed by atoms with Crippen molar-refractivity contribution in [3.05, 3.63) is 47.8 Å². The molecule has 0 fully saturated rings. The largest absolute Gasteiger partial charge is 0.484 e. The monoisotopic (exact) mass is 299 g/mol. The molecule has 1 aromatic heterocycles. The van der Waals surface area contributed by atoms with E-state index in [-0.39, 0.29) is 12.5 Å². The average molecular weight is 299 g/mol. The van der Waals surface area contributed by atoms with Crippen LogP contribution in [0.3, 0.4) is 0 Å². The molecule has 1 heterocycles. The lowest BCUT2D eigenvalue weighted by Gasteiger charge is -2.14. The Morgan fingerprint density at radius 2 is 2.05 bits per heavy atom. The zero-order valence-electron chi connectivity index (χ0n) is 12.6. The summed E-state index contributed by atoms with van der Waals surface area (Å²) in [6, 6.07) is 9.35. The number of nitrogens with one attached hydrogen (secondary N) is 1. The number of ether oxygens (including phenoxy) is 1. The third-order valence-corrected chi connectivity index (χ3v) is 3.90. The SMILES string of the molecule is O=C(COc1ccccc1)NCCn1ncc2c1CCCC2. The molecule has 5 nitrogen and oxygen atoms in total. The molecular formula is C17H21N3O2. The predicted octanol–water partition coefficient (Wildman–Crippen LogP) is 1.96. The second kappa shape index (κ2) is 7.11. The molecule has 0 saturated heterocycles. The van der Waals surface area contributed by atoms with Crippen LogP contribution in [-0.4, -0.2) is 28.8 Å². The molecule has 0 spiro atoms. The number of benzene rings is 1. The van der Waals surface area contributed by atoms with Crippen molar-refractivity contribution in [1.82, 2.24) is 15.1 Å². The molecule has 1 aliphatic carbocycles. The number of amides is 1. The Labute approximate surface area is 130 Å². The van der Waals surface area contributed by atoms with Gasteiger partial charge in [-0.25, -0.2) is 0 Å². The molecule has 0 saturated carbocycles. The molecule has 0 aliphatic heterocycles. The van der Waals surface area contributed by atoms with Gasteiger partial charge in [-0.05, 0) is 43.4 Å². The quantitative estimate of drug-likeness (QED) is 0.887. The predicted molar refractivity (Wildman–Crippen MR) is 83.8 cm³/mol. The molecule has 3 rings (SSSR count). The minimum Gasteiger partial charge on any atom is -0.484 e. The van der Waals surface area contributed by atoms with E-state index >= 15 is 0 Å². The molecule has 5 heteroatoms. The number of hydrogen-bond acceptors (Lipinski definition) is 3. The van der Waals surface area contributed by atoms with Gasteiger partial charge in [0.2, 0.25) is 0 Å². The number of aromatic nitrogens is 2. The van der Waals surface area contributed by atoms with Crippen molar-refractivity contribution in [2.24, 2.45) is 0 Å². The van der Waals surface area contributed by atoms with Crippen LogP contribution < -0.4 is 10.1 Å². The number of para-hydroxylation sites is 1. The number of nitrogens with zero attached hydrogens (tertiary/aromatic N) is 2. The standard InChI is InChI=1S/C17H21N3O2/c21-17(13-22-15-7-2-1-3-8-15)18-10-11-20-16-9-5-4-6-14(16)12-19-20/h1-3,7-8,12H,4-6,9-11,13H2,(H,18,21). The van der Waals surface area contributed by atoms with Gasteiger partial charge in [0.05, 0.1) is 12.7 Å². The van der Waals surface area contributed by atoms with Crippen LogP contribution in [0.4, 0.5) is 0 Å². The van der Waals surface area contributed by atoms with Crippen LogP contribution in [0, 0.1) is 0 Å². The molecule has 1 amide bonds. The topological polar surface area (TPSA) is 56.1 Å². The maximum atomic E-state index is 11.8. The third-order valence-electron chi connectivity index (χ3n) is 3.90. The van der Waals surface area contributed by atoms with Crippen LogP contribution in [0.5, 0.6) is 5.75 Å². The van der Waals surface area contributed by atoms with Gasteiger partial charge in [0.1, 0.15) is 5.75 Å². The van der Waals surface area contributed by atoms with Crippen LogP contribution in [0.25, 0.3) is 0 Å². The fourth-order valence-electron chi connectivity index (χ4n) is 2.77. The average Bonchev–Trinajstić information content (AvgIpc) is 2.97. The number of carbonyl (C=O) groups is 1. The maximum Gasteiger partial charge on any atom is 0.258 e. The number of rotatable bonds is 6. The lowest BCUT2D eigenvalue weighted by Crippen LogP contribution is -2.32. The fraction of sp³-hybridized carbons (Fsp3) is 0.412. The summed E-state index contributed by atoms with van der Waals surface area (Å²) in [6.45, 7) is 1.33. The number of fused-ring (bicyclic) bond motifs is 1. The smallest absolute Gasteiger partial charge is 0.258 e. The van der Waals surface area contributed by atoms with Crippen molar-refractivity contribution in [3.8, 4) is 5.75 Å². The summed E-state index contributed by atoms with van der Waals surface area (Å²) in [4.78, 5) is 11.8. The van der Waals surface area contributed by atoms with Crippen molar-refractivity contribution in [2.45, 2.75) is 32.2 Å². The van der Waals surface area contributed by atoms with E-state index < -0.39 is 0 Å². The summed E-state index contributed by atoms with van der Waals surface area (Å²) in [5.41, 5.74) is 2.70. The Kier molecular flexibility index (Phi) is 4.73. The highest BCUT2D eigenvalue weighted by molar-refractivity contribution is 5.77. The summed E-state index contributed by atoms with van der Waals surface area (Å²) in [5.74, 6) is 0.601. The molecule has 0 bridgehead atoms. The molecule has 2 aromatic rings. The van der Waals surface area contributed by atoms with Crippen molar-refractivity contribution in [2.75, 3.05) is 13.2 Å². The second-order valence-corrected chi connectivity index (χ2v) is 5.50. The van der Waals surface area contributed by atoms with Crippen molar-refractivity contribution >= 4 is 5.91 Å². The molecule has 22 heavy (non-hydrogen) atoms. The van der Waals surface area contributed by atoms with Gasteiger partial charge >= 0.3 is 0 Å². The van der Waals surface area contributed by atoms with E-state index in [4.69, 9.17) is 4.74 Å². The van der Waals surface area contributed by atoms with Crippen LogP contribution in [0.1, 0.15) is 24.1 Å². The summed E-state index contributed by atoms with van der Waals surface area (Å²) in [5, 5.41) is 7.30. The minimum absolute atomic E-state index is 0.0429. The summed E-state index contributed by atoms with van der Waals surface area (Å²) in [6.07, 6.45) is 6.68. The summed E-state index contributed by atoms with van der Waals surface area (Å²) in [7, 11) is 0. The zero-order valence-corrected chi connectivity index (χ0v) is 12.6. The maximum absolute atomic E-state index is 11.8. The van der Waals surface area contributed by atoms with Gasteiger partial charge in [-0.15, -0.1) is 0 Å². The number of hydrogen-bond donors (Lipinski definition) is 1. The molecule has 1 aromatic carbocycles. The van der Waals surface area contributed by atoms with E-state index in [1.54, 1.807) is 0 Å². The van der Waals surface area contributed by atoms with Gasteiger partial charge in [-0.2, -0.15) is 5.10 Å². The van der Waals surface area contributed by atoms with Gasteiger partial charge in [0.15, 0.2) is 6.61 Å². The van der Waals surface area contributed by atoms with Gasteiger partial charge in [-0.1, -0.05) is 18.2 Å². The molecule has 1 aliphatic rings. The van der Waals surface area contributed by atoms with E-state index in [0.29, 0.717) is 18.8 Å². The first-order valence-electron chi connectivity index (χ1n) is 7.81. The lowest BCUT2D eigenvalue weighted by molar-refractivity contribution is -0.123. The Balaban J connectivity index is 1.41. The highest BCUT2D eigenvalue weighted by Crippen LogP contribution is 2.20. The minimum atomic E-state index is -0.107. The summed E-state index contributed by atoms with van der Waals surface area (Å²) < 4.78 is 7.43. The Morgan fingerprint density at radius 3 is 2.91 bits per heavy atom. The van der Waals surface area contributed by atoms with E-state index in [1.165, 1.54) is 24.1 Å². The first-order valence-corrected chi connectivity index (χ1v) is 7.81. The van der Waals surface area contributed by atoms with Crippen molar-refractivity contribution in [1.29, 1.82) is 0 Å². The first kappa shape index (κ1) is 14.6. The number of aryl methyl sites for hydroxylation is 1. The second-order valence-electron chi connectivity index (χ2n) is 5.50. The molecule has 0 atom stereocenters.